The predicted molar refractivity (Wildman–Crippen MR) is 78.5 cm³/mol. The Bertz CT molecular complexity index is 638. The molecule has 1 aromatic rings. The molecule has 108 valence electrons. The van der Waals surface area contributed by atoms with Crippen LogP contribution in [-0.2, 0) is 21.1 Å². The van der Waals surface area contributed by atoms with E-state index < -0.39 is 9.84 Å². The molecule has 0 N–H and O–H groups in total. The summed E-state index contributed by atoms with van der Waals surface area (Å²) in [4.78, 5) is 14.5. The maximum atomic E-state index is 12.7. The van der Waals surface area contributed by atoms with Crippen LogP contribution in [0.5, 0.6) is 0 Å². The third-order valence-corrected chi connectivity index (χ3v) is 6.11. The molecule has 1 saturated heterocycles. The molecule has 0 unspecified atom stereocenters. The van der Waals surface area contributed by atoms with Gasteiger partial charge in [0.1, 0.15) is 0 Å². The summed E-state index contributed by atoms with van der Waals surface area (Å²) < 4.78 is 23.2. The summed E-state index contributed by atoms with van der Waals surface area (Å²) in [5, 5.41) is 0. The quantitative estimate of drug-likeness (QED) is 0.793. The molecule has 0 spiro atoms. The number of hydrogen-bond acceptors (Lipinski definition) is 3. The van der Waals surface area contributed by atoms with Gasteiger partial charge in [0, 0.05) is 11.7 Å². The van der Waals surface area contributed by atoms with Crippen molar-refractivity contribution in [1.82, 2.24) is 0 Å². The molecule has 2 aliphatic rings. The Hall–Kier alpha value is -1.36. The highest BCUT2D eigenvalue weighted by Gasteiger charge is 2.38. The Kier molecular flexibility index (Phi) is 3.32. The number of anilines is 1. The second-order valence-electron chi connectivity index (χ2n) is 5.82. The molecule has 0 aromatic heterocycles. The van der Waals surface area contributed by atoms with Gasteiger partial charge in [-0.2, -0.15) is 0 Å². The number of sulfone groups is 1. The minimum atomic E-state index is -3.02. The van der Waals surface area contributed by atoms with Crippen molar-refractivity contribution in [3.8, 4) is 0 Å². The van der Waals surface area contributed by atoms with Gasteiger partial charge in [-0.3, -0.25) is 4.79 Å². The zero-order chi connectivity index (χ0) is 14.3. The van der Waals surface area contributed by atoms with Crippen LogP contribution in [0.4, 0.5) is 5.69 Å². The van der Waals surface area contributed by atoms with E-state index in [2.05, 4.69) is 0 Å². The van der Waals surface area contributed by atoms with E-state index in [0.29, 0.717) is 6.42 Å². The van der Waals surface area contributed by atoms with Gasteiger partial charge in [-0.15, -0.1) is 0 Å². The van der Waals surface area contributed by atoms with E-state index >= 15 is 0 Å². The van der Waals surface area contributed by atoms with Gasteiger partial charge >= 0.3 is 0 Å². The van der Waals surface area contributed by atoms with Crippen LogP contribution in [0.2, 0.25) is 0 Å². The SMILES string of the molecule is C[C@H]1CCc2ccccc2N1C(=O)[C@H]1CCS(=O)(=O)C1. The number of para-hydroxylation sites is 1. The largest absolute Gasteiger partial charge is 0.309 e. The Labute approximate surface area is 119 Å². The molecule has 2 atom stereocenters. The first-order valence-electron chi connectivity index (χ1n) is 7.09. The normalized spacial score (nSPS) is 28.1. The Morgan fingerprint density at radius 2 is 2.00 bits per heavy atom. The first kappa shape index (κ1) is 13.6. The minimum Gasteiger partial charge on any atom is -0.309 e. The monoisotopic (exact) mass is 293 g/mol. The molecule has 20 heavy (non-hydrogen) atoms. The van der Waals surface area contributed by atoms with E-state index in [1.165, 1.54) is 5.56 Å². The van der Waals surface area contributed by atoms with Crippen molar-refractivity contribution in [2.24, 2.45) is 5.92 Å². The molecule has 1 amide bonds. The Morgan fingerprint density at radius 1 is 1.25 bits per heavy atom. The average Bonchev–Trinajstić information content (AvgIpc) is 2.78. The van der Waals surface area contributed by atoms with Crippen molar-refractivity contribution in [3.63, 3.8) is 0 Å². The van der Waals surface area contributed by atoms with E-state index in [0.717, 1.165) is 18.5 Å². The molecule has 0 aliphatic carbocycles. The number of hydrogen-bond donors (Lipinski definition) is 0. The smallest absolute Gasteiger partial charge is 0.231 e. The molecular weight excluding hydrogens is 274 g/mol. The van der Waals surface area contributed by atoms with Crippen LogP contribution >= 0.6 is 0 Å². The van der Waals surface area contributed by atoms with Crippen LogP contribution in [0.1, 0.15) is 25.3 Å². The van der Waals surface area contributed by atoms with Crippen LogP contribution in [0.3, 0.4) is 0 Å². The third kappa shape index (κ3) is 2.35. The summed E-state index contributed by atoms with van der Waals surface area (Å²) in [6.45, 7) is 2.04. The molecule has 0 radical (unpaired) electrons. The molecule has 1 aromatic carbocycles. The second kappa shape index (κ2) is 4.88. The zero-order valence-corrected chi connectivity index (χ0v) is 12.4. The van der Waals surface area contributed by atoms with Crippen LogP contribution in [0.15, 0.2) is 24.3 Å². The van der Waals surface area contributed by atoms with Gasteiger partial charge in [-0.25, -0.2) is 8.42 Å². The van der Waals surface area contributed by atoms with Crippen molar-refractivity contribution in [2.45, 2.75) is 32.2 Å². The van der Waals surface area contributed by atoms with E-state index in [4.69, 9.17) is 0 Å². The van der Waals surface area contributed by atoms with Crippen molar-refractivity contribution in [2.75, 3.05) is 16.4 Å². The number of benzene rings is 1. The fraction of sp³-hybridized carbons (Fsp3) is 0.533. The van der Waals surface area contributed by atoms with Gasteiger partial charge in [0.2, 0.25) is 5.91 Å². The summed E-state index contributed by atoms with van der Waals surface area (Å²) in [5.41, 5.74) is 2.14. The number of carbonyl (C=O) groups excluding carboxylic acids is 1. The zero-order valence-electron chi connectivity index (χ0n) is 11.6. The molecule has 2 heterocycles. The van der Waals surface area contributed by atoms with E-state index in [1.807, 2.05) is 36.1 Å². The highest BCUT2D eigenvalue weighted by atomic mass is 32.2. The van der Waals surface area contributed by atoms with E-state index in [1.54, 1.807) is 0 Å². The lowest BCUT2D eigenvalue weighted by atomic mass is 9.94. The van der Waals surface area contributed by atoms with Gasteiger partial charge in [-0.05, 0) is 37.8 Å². The summed E-state index contributed by atoms with van der Waals surface area (Å²) in [7, 11) is -3.02. The molecule has 0 bridgehead atoms. The molecule has 2 aliphatic heterocycles. The predicted octanol–water partition coefficient (Wildman–Crippen LogP) is 1.79. The lowest BCUT2D eigenvalue weighted by Gasteiger charge is -2.36. The Balaban J connectivity index is 1.91. The van der Waals surface area contributed by atoms with Crippen LogP contribution in [0, 0.1) is 5.92 Å². The van der Waals surface area contributed by atoms with Gasteiger partial charge in [-0.1, -0.05) is 18.2 Å². The topological polar surface area (TPSA) is 54.5 Å². The standard InChI is InChI=1S/C15H19NO3S/c1-11-6-7-12-4-2-3-5-14(12)16(11)15(17)13-8-9-20(18,19)10-13/h2-5,11,13H,6-10H2,1H3/t11-,13-/m0/s1. The number of fused-ring (bicyclic) bond motifs is 1. The lowest BCUT2D eigenvalue weighted by molar-refractivity contribution is -0.122. The van der Waals surface area contributed by atoms with E-state index in [-0.39, 0.29) is 29.4 Å². The van der Waals surface area contributed by atoms with Gasteiger partial charge in [0.25, 0.3) is 0 Å². The highest BCUT2D eigenvalue weighted by Crippen LogP contribution is 2.33. The summed E-state index contributed by atoms with van der Waals surface area (Å²) >= 11 is 0. The molecule has 0 saturated carbocycles. The molecular formula is C15H19NO3S. The molecule has 1 fully saturated rings. The third-order valence-electron chi connectivity index (χ3n) is 4.34. The van der Waals surface area contributed by atoms with Gasteiger partial charge < -0.3 is 4.90 Å². The summed E-state index contributed by atoms with van der Waals surface area (Å²) in [6, 6.07) is 8.07. The molecule has 3 rings (SSSR count). The Morgan fingerprint density at radius 3 is 2.70 bits per heavy atom. The fourth-order valence-electron chi connectivity index (χ4n) is 3.21. The summed E-state index contributed by atoms with van der Waals surface area (Å²) in [5.74, 6) is -0.232. The number of carbonyl (C=O) groups is 1. The molecule has 5 heteroatoms. The summed E-state index contributed by atoms with van der Waals surface area (Å²) in [6.07, 6.45) is 2.37. The van der Waals surface area contributed by atoms with Crippen LogP contribution < -0.4 is 4.90 Å². The second-order valence-corrected chi connectivity index (χ2v) is 8.05. The van der Waals surface area contributed by atoms with Crippen molar-refractivity contribution in [3.05, 3.63) is 29.8 Å². The number of rotatable bonds is 1. The van der Waals surface area contributed by atoms with Crippen molar-refractivity contribution >= 4 is 21.4 Å². The number of aryl methyl sites for hydroxylation is 1. The van der Waals surface area contributed by atoms with Crippen LogP contribution in [-0.4, -0.2) is 31.9 Å². The average molecular weight is 293 g/mol. The fourth-order valence-corrected chi connectivity index (χ4v) is 4.94. The highest BCUT2D eigenvalue weighted by molar-refractivity contribution is 7.91. The first-order chi connectivity index (χ1) is 9.48. The minimum absolute atomic E-state index is 0.0111. The van der Waals surface area contributed by atoms with Gasteiger partial charge in [0.05, 0.1) is 17.4 Å². The van der Waals surface area contributed by atoms with Crippen molar-refractivity contribution in [1.29, 1.82) is 0 Å². The van der Waals surface area contributed by atoms with Crippen LogP contribution in [0.25, 0.3) is 0 Å². The maximum Gasteiger partial charge on any atom is 0.231 e. The lowest BCUT2D eigenvalue weighted by Crippen LogP contribution is -2.45. The number of amides is 1. The van der Waals surface area contributed by atoms with Crippen molar-refractivity contribution < 1.29 is 13.2 Å². The maximum absolute atomic E-state index is 12.7. The molecule has 4 nitrogen and oxygen atoms in total. The number of nitrogens with zero attached hydrogens (tertiary/aromatic N) is 1. The van der Waals surface area contributed by atoms with E-state index in [9.17, 15) is 13.2 Å². The van der Waals surface area contributed by atoms with Gasteiger partial charge in [0.15, 0.2) is 9.84 Å². The first-order valence-corrected chi connectivity index (χ1v) is 8.91.